The third kappa shape index (κ3) is 10.5. The number of nitrogens with zero attached hydrogens (tertiary/aromatic N) is 1. The number of amides is 2. The Labute approximate surface area is 143 Å². The van der Waals surface area contributed by atoms with Crippen molar-refractivity contribution in [2.24, 2.45) is 5.84 Å². The van der Waals surface area contributed by atoms with Crippen LogP contribution >= 0.6 is 0 Å². The first-order valence-corrected chi connectivity index (χ1v) is 7.90. The summed E-state index contributed by atoms with van der Waals surface area (Å²) < 4.78 is 29.0. The van der Waals surface area contributed by atoms with Gasteiger partial charge in [0.2, 0.25) is 0 Å². The molecule has 0 aliphatic rings. The number of carboxylic acid groups (broad SMARTS) is 1. The molecule has 0 bridgehead atoms. The Morgan fingerprint density at radius 1 is 1.24 bits per heavy atom. The molecule has 0 spiro atoms. The summed E-state index contributed by atoms with van der Waals surface area (Å²) in [7, 11) is -3.36. The van der Waals surface area contributed by atoms with E-state index in [1.807, 2.05) is 0 Å². The van der Waals surface area contributed by atoms with Crippen LogP contribution in [0, 0.1) is 0 Å². The molecule has 1 aromatic carbocycles. The van der Waals surface area contributed by atoms with Gasteiger partial charge in [-0.1, -0.05) is 0 Å². The van der Waals surface area contributed by atoms with E-state index in [2.05, 4.69) is 0 Å². The normalized spacial score (nSPS) is 10.2. The zero-order valence-electron chi connectivity index (χ0n) is 13.2. The summed E-state index contributed by atoms with van der Waals surface area (Å²) in [5.41, 5.74) is 12.7. The molecular formula is C12H19N5O7S. The summed E-state index contributed by atoms with van der Waals surface area (Å²) in [6.45, 7) is 0. The van der Waals surface area contributed by atoms with Gasteiger partial charge >= 0.3 is 22.3 Å². The van der Waals surface area contributed by atoms with Gasteiger partial charge in [0.25, 0.3) is 0 Å². The number of nitrogen functional groups attached to an aromatic ring is 2. The molecule has 0 aromatic heterocycles. The van der Waals surface area contributed by atoms with Crippen LogP contribution < -0.4 is 22.0 Å². The quantitative estimate of drug-likeness (QED) is 0.0892. The number of rotatable bonds is 5. The molecule has 12 nitrogen and oxygen atoms in total. The van der Waals surface area contributed by atoms with Crippen molar-refractivity contribution in [1.82, 2.24) is 9.73 Å². The van der Waals surface area contributed by atoms with Crippen molar-refractivity contribution in [1.29, 1.82) is 0 Å². The number of hydrogen-bond acceptors (Lipinski definition) is 8. The topological polar surface area (TPSA) is 219 Å². The van der Waals surface area contributed by atoms with E-state index in [0.717, 1.165) is 7.05 Å². The van der Waals surface area contributed by atoms with Gasteiger partial charge in [-0.2, -0.15) is 8.42 Å². The fraction of sp³-hybridized carbons (Fsp3) is 0.250. The Hall–Kier alpha value is -2.90. The first-order valence-electron chi connectivity index (χ1n) is 6.46. The molecule has 13 heteroatoms. The molecule has 0 atom stereocenters. The van der Waals surface area contributed by atoms with Crippen LogP contribution in [-0.4, -0.2) is 47.9 Å². The molecule has 0 radical (unpaired) electrons. The first-order chi connectivity index (χ1) is 11.3. The number of ketones is 1. The predicted molar refractivity (Wildman–Crippen MR) is 88.3 cm³/mol. The van der Waals surface area contributed by atoms with Crippen LogP contribution in [0.5, 0.6) is 0 Å². The molecule has 140 valence electrons. The van der Waals surface area contributed by atoms with E-state index < -0.39 is 28.7 Å². The van der Waals surface area contributed by atoms with Crippen molar-refractivity contribution in [3.63, 3.8) is 0 Å². The second kappa shape index (κ2) is 9.41. The summed E-state index contributed by atoms with van der Waals surface area (Å²) >= 11 is 0. The Morgan fingerprint density at radius 2 is 1.80 bits per heavy atom. The molecule has 0 aliphatic carbocycles. The molecule has 1 rings (SSSR count). The predicted octanol–water partition coefficient (Wildman–Crippen LogP) is -1.26. The third-order valence-electron chi connectivity index (χ3n) is 2.44. The molecule has 0 saturated heterocycles. The molecule has 0 unspecified atom stereocenters. The van der Waals surface area contributed by atoms with Gasteiger partial charge in [0.05, 0.1) is 0 Å². The largest absolute Gasteiger partial charge is 0.481 e. The number of Topliss-reactive ketones (excluding diaryl/α,β-unsaturated/α-hetero) is 1. The Morgan fingerprint density at radius 3 is 2.20 bits per heavy atom. The summed E-state index contributed by atoms with van der Waals surface area (Å²) in [5.74, 6) is 3.26. The van der Waals surface area contributed by atoms with Gasteiger partial charge in [-0.3, -0.25) is 19.2 Å². The van der Waals surface area contributed by atoms with Crippen LogP contribution in [0.2, 0.25) is 0 Å². The molecule has 0 aliphatic heterocycles. The minimum Gasteiger partial charge on any atom is -0.481 e. The van der Waals surface area contributed by atoms with Crippen LogP contribution in [0.25, 0.3) is 0 Å². The Balaban J connectivity index is 0.000000504. The number of anilines is 2. The highest BCUT2D eigenvalue weighted by molar-refractivity contribution is 7.84. The molecule has 25 heavy (non-hydrogen) atoms. The van der Waals surface area contributed by atoms with E-state index in [9.17, 15) is 22.8 Å². The van der Waals surface area contributed by atoms with E-state index in [0.29, 0.717) is 21.9 Å². The lowest BCUT2D eigenvalue weighted by atomic mass is 10.0. The summed E-state index contributed by atoms with van der Waals surface area (Å²) in [5, 5.41) is 8.89. The highest BCUT2D eigenvalue weighted by Crippen LogP contribution is 2.16. The molecule has 0 saturated carbocycles. The number of benzene rings is 1. The molecule has 2 amide bonds. The second-order valence-electron chi connectivity index (χ2n) is 4.74. The van der Waals surface area contributed by atoms with E-state index in [-0.39, 0.29) is 12.2 Å². The van der Waals surface area contributed by atoms with Gasteiger partial charge in [-0.25, -0.2) is 15.4 Å². The average molecular weight is 377 g/mol. The zero-order valence-corrected chi connectivity index (χ0v) is 14.0. The number of nitrogens with one attached hydrogen (secondary N) is 1. The van der Waals surface area contributed by atoms with Crippen molar-refractivity contribution in [3.8, 4) is 0 Å². The van der Waals surface area contributed by atoms with Crippen molar-refractivity contribution in [2.75, 3.05) is 18.5 Å². The van der Waals surface area contributed by atoms with E-state index in [1.54, 1.807) is 18.2 Å². The maximum atomic E-state index is 11.2. The van der Waals surface area contributed by atoms with E-state index in [1.165, 1.54) is 4.72 Å². The number of carboxylic acids is 1. The van der Waals surface area contributed by atoms with Crippen LogP contribution in [-0.2, 0) is 26.3 Å². The third-order valence-corrected chi connectivity index (χ3v) is 2.87. The van der Waals surface area contributed by atoms with Gasteiger partial charge in [0, 0.05) is 24.8 Å². The lowest BCUT2D eigenvalue weighted by Crippen LogP contribution is -2.43. The molecule has 0 fully saturated rings. The maximum absolute atomic E-state index is 11.2. The van der Waals surface area contributed by atoms with Crippen LogP contribution in [0.4, 0.5) is 16.2 Å². The molecule has 9 N–H and O–H groups in total. The minimum atomic E-state index is -4.49. The summed E-state index contributed by atoms with van der Waals surface area (Å²) in [4.78, 5) is 31.8. The Bertz CT molecular complexity index is 748. The number of urea groups is 1. The lowest BCUT2D eigenvalue weighted by molar-refractivity contribution is -0.140. The van der Waals surface area contributed by atoms with Gasteiger partial charge in [-0.15, -0.1) is 0 Å². The second-order valence-corrected chi connectivity index (χ2v) is 5.89. The standard InChI is InChI=1S/C10H12N2O3.C2H7N3O4S/c11-7-1-2-9(12)6(3-7)4-8(13)5-10(14)15;1-5(3)2(6)4-10(7,8)9/h1-3H,4-5,11-12H2,(H,14,15);3H2,1H3,(H,4,6)(H,7,8,9). The van der Waals surface area contributed by atoms with E-state index in [4.69, 9.17) is 27.0 Å². The monoisotopic (exact) mass is 377 g/mol. The minimum absolute atomic E-state index is 0.00315. The summed E-state index contributed by atoms with van der Waals surface area (Å²) in [6, 6.07) is 3.69. The van der Waals surface area contributed by atoms with Gasteiger partial charge in [0.1, 0.15) is 12.2 Å². The van der Waals surface area contributed by atoms with Gasteiger partial charge in [-0.05, 0) is 23.8 Å². The van der Waals surface area contributed by atoms with Gasteiger partial charge in [0.15, 0.2) is 0 Å². The smallest absolute Gasteiger partial charge is 0.361 e. The molecular weight excluding hydrogens is 358 g/mol. The Kier molecular flexibility index (Phi) is 8.32. The number of carbonyl (C=O) groups is 3. The fourth-order valence-electron chi connectivity index (χ4n) is 1.40. The molecule has 1 aromatic rings. The van der Waals surface area contributed by atoms with Gasteiger partial charge < -0.3 is 16.6 Å². The maximum Gasteiger partial charge on any atom is 0.361 e. The van der Waals surface area contributed by atoms with Crippen molar-refractivity contribution in [2.45, 2.75) is 12.8 Å². The lowest BCUT2D eigenvalue weighted by Gasteiger charge is -2.08. The van der Waals surface area contributed by atoms with Crippen molar-refractivity contribution in [3.05, 3.63) is 23.8 Å². The number of nitrogens with two attached hydrogens (primary N) is 3. The fourth-order valence-corrected chi connectivity index (χ4v) is 1.77. The highest BCUT2D eigenvalue weighted by atomic mass is 32.2. The SMILES string of the molecule is CN(N)C(=O)NS(=O)(=O)O.Nc1ccc(N)c(CC(=O)CC(=O)O)c1. The van der Waals surface area contributed by atoms with Crippen LogP contribution in [0.15, 0.2) is 18.2 Å². The zero-order chi connectivity index (χ0) is 19.8. The highest BCUT2D eigenvalue weighted by Gasteiger charge is 2.11. The van der Waals surface area contributed by atoms with Crippen LogP contribution in [0.3, 0.4) is 0 Å². The number of aliphatic carboxylic acids is 1. The van der Waals surface area contributed by atoms with Crippen molar-refractivity contribution >= 4 is 39.5 Å². The average Bonchev–Trinajstić information content (AvgIpc) is 2.40. The van der Waals surface area contributed by atoms with Crippen LogP contribution in [0.1, 0.15) is 12.0 Å². The number of hydrogen-bond donors (Lipinski definition) is 6. The summed E-state index contributed by atoms with van der Waals surface area (Å²) in [6.07, 6.45) is -0.489. The molecule has 0 heterocycles. The first kappa shape index (κ1) is 22.1. The number of hydrazine groups is 1. The van der Waals surface area contributed by atoms with Crippen molar-refractivity contribution < 1.29 is 32.5 Å². The number of carbonyl (C=O) groups excluding carboxylic acids is 2. The van der Waals surface area contributed by atoms with E-state index >= 15 is 0 Å².